The first-order chi connectivity index (χ1) is 28.7. The number of nitrogens with two attached hydrogens (primary N) is 3. The Balaban J connectivity index is 0.000000136. The molecule has 6 aromatic heterocycles. The van der Waals surface area contributed by atoms with Crippen LogP contribution in [-0.4, -0.2) is 154 Å². The number of piperazine rings is 2. The maximum absolute atomic E-state index is 9.01. The summed E-state index contributed by atoms with van der Waals surface area (Å²) in [6.45, 7) is 23.3. The van der Waals surface area contributed by atoms with Crippen LogP contribution in [0.15, 0.2) is 36.4 Å². The van der Waals surface area contributed by atoms with E-state index in [-0.39, 0.29) is 6.61 Å². The number of anilines is 6. The van der Waals surface area contributed by atoms with Gasteiger partial charge in [0.05, 0.1) is 23.2 Å². The quantitative estimate of drug-likeness (QED) is 0.193. The lowest BCUT2D eigenvalue weighted by atomic mass is 10.2. The number of nitrogens with zero attached hydrogens (tertiary/aromatic N) is 12. The second kappa shape index (κ2) is 17.7. The van der Waals surface area contributed by atoms with Gasteiger partial charge in [-0.05, 0) is 104 Å². The Hall–Kier alpha value is -5.29. The van der Waals surface area contributed by atoms with Gasteiger partial charge in [-0.1, -0.05) is 18.2 Å². The molecule has 9 rings (SSSR count). The van der Waals surface area contributed by atoms with Gasteiger partial charge in [0.1, 0.15) is 17.1 Å². The zero-order valence-electron chi connectivity index (χ0n) is 37.3. The van der Waals surface area contributed by atoms with Crippen LogP contribution in [0.1, 0.15) is 40.2 Å². The van der Waals surface area contributed by atoms with Crippen LogP contribution in [0.4, 0.5) is 34.5 Å². The van der Waals surface area contributed by atoms with Gasteiger partial charge in [-0.2, -0.15) is 0 Å². The number of pyridine rings is 3. The van der Waals surface area contributed by atoms with E-state index >= 15 is 0 Å². The number of likely N-dealkylation sites (N-methyl/N-ethyl adjacent to an activating group) is 2. The highest BCUT2D eigenvalue weighted by Gasteiger charge is 2.28. The summed E-state index contributed by atoms with van der Waals surface area (Å²) in [5.74, 6) is 2.75. The summed E-state index contributed by atoms with van der Waals surface area (Å²) in [5, 5.41) is 23.2. The van der Waals surface area contributed by atoms with E-state index in [1.165, 1.54) is 23.1 Å². The molecule has 3 aliphatic heterocycles. The molecule has 9 heterocycles. The summed E-state index contributed by atoms with van der Waals surface area (Å²) >= 11 is 0. The van der Waals surface area contributed by atoms with Crippen molar-refractivity contribution in [2.75, 3.05) is 132 Å². The number of aliphatic hydroxyl groups excluding tert-OH is 1. The van der Waals surface area contributed by atoms with Crippen molar-refractivity contribution in [3.05, 3.63) is 70.2 Å². The first-order valence-corrected chi connectivity index (χ1v) is 21.3. The van der Waals surface area contributed by atoms with Crippen molar-refractivity contribution in [3.63, 3.8) is 0 Å². The van der Waals surface area contributed by atoms with Gasteiger partial charge in [-0.15, -0.1) is 15.3 Å². The predicted octanol–water partition coefficient (Wildman–Crippen LogP) is 3.61. The lowest BCUT2D eigenvalue weighted by molar-refractivity contribution is 0.188. The van der Waals surface area contributed by atoms with Crippen LogP contribution in [0.5, 0.6) is 0 Å². The summed E-state index contributed by atoms with van der Waals surface area (Å²) in [6, 6.07) is 13.1. The number of aromatic nitrogens is 6. The highest BCUT2D eigenvalue weighted by atomic mass is 16.3. The topological polar surface area (TPSA) is 170 Å². The van der Waals surface area contributed by atoms with E-state index in [1.54, 1.807) is 0 Å². The molecule has 324 valence electrons. The molecule has 3 fully saturated rings. The molecule has 3 aliphatic rings. The highest BCUT2D eigenvalue weighted by molar-refractivity contribution is 5.83. The van der Waals surface area contributed by atoms with Crippen LogP contribution in [0, 0.1) is 41.5 Å². The highest BCUT2D eigenvalue weighted by Crippen LogP contribution is 2.32. The third-order valence-electron chi connectivity index (χ3n) is 13.0. The van der Waals surface area contributed by atoms with E-state index in [1.807, 2.05) is 19.6 Å². The minimum absolute atomic E-state index is 0.217. The number of β-amino-alcohol motifs (C(OH)–C–C–N with tert-alkyl or cyclic N) is 1. The minimum Gasteiger partial charge on any atom is -0.395 e. The minimum atomic E-state index is 0.217. The number of hydrogen-bond donors (Lipinski definition) is 4. The summed E-state index contributed by atoms with van der Waals surface area (Å²) in [5.41, 5.74) is 31.4. The Bertz CT molecular complexity index is 2430. The number of hydrogen-bond acceptors (Lipinski definition) is 13. The van der Waals surface area contributed by atoms with Gasteiger partial charge in [-0.3, -0.25) is 4.90 Å². The van der Waals surface area contributed by atoms with Gasteiger partial charge in [0.15, 0.2) is 17.5 Å². The second-order valence-electron chi connectivity index (χ2n) is 17.1. The van der Waals surface area contributed by atoms with Gasteiger partial charge in [0.25, 0.3) is 0 Å². The molecule has 0 radical (unpaired) electrons. The largest absolute Gasteiger partial charge is 0.395 e. The second-order valence-corrected chi connectivity index (χ2v) is 17.1. The summed E-state index contributed by atoms with van der Waals surface area (Å²) in [4.78, 5) is 13.7. The smallest absolute Gasteiger partial charge is 0.175 e. The van der Waals surface area contributed by atoms with Crippen molar-refractivity contribution >= 4 is 51.1 Å². The summed E-state index contributed by atoms with van der Waals surface area (Å²) in [7, 11) is 6.42. The van der Waals surface area contributed by atoms with Crippen molar-refractivity contribution in [3.8, 4) is 0 Å². The fourth-order valence-corrected chi connectivity index (χ4v) is 8.42. The van der Waals surface area contributed by atoms with Gasteiger partial charge in [-0.25, -0.2) is 13.5 Å². The maximum atomic E-state index is 9.01. The molecule has 0 amide bonds. The molecule has 16 heteroatoms. The van der Waals surface area contributed by atoms with Crippen LogP contribution < -0.4 is 31.9 Å². The van der Waals surface area contributed by atoms with E-state index < -0.39 is 0 Å². The fourth-order valence-electron chi connectivity index (χ4n) is 8.42. The first kappa shape index (κ1) is 42.8. The molecule has 0 saturated carbocycles. The van der Waals surface area contributed by atoms with Crippen molar-refractivity contribution in [2.45, 2.75) is 54.0 Å². The molecule has 6 aromatic rings. The molecule has 0 spiro atoms. The van der Waals surface area contributed by atoms with Crippen LogP contribution >= 0.6 is 0 Å². The van der Waals surface area contributed by atoms with Gasteiger partial charge in [0, 0.05) is 95.1 Å². The number of fused-ring (bicyclic) bond motifs is 3. The van der Waals surface area contributed by atoms with Gasteiger partial charge >= 0.3 is 0 Å². The van der Waals surface area contributed by atoms with Crippen molar-refractivity contribution in [1.82, 2.24) is 43.5 Å². The van der Waals surface area contributed by atoms with Crippen molar-refractivity contribution in [1.29, 1.82) is 0 Å². The summed E-state index contributed by atoms with van der Waals surface area (Å²) in [6.07, 6.45) is 1.17. The van der Waals surface area contributed by atoms with E-state index in [2.05, 4.69) is 122 Å². The standard InChI is InChI=1S/C15H23N5O.C15H23N5.C14H21N5/c1-11-3-4-13-14(16)15(17-20(13)12(11)2)19-7-5-18(6-8-19)9-10-21;1-10-5-6-13-14(16)15(17-20(13)11(10)2)19-8-7-12(9-19)18(3)4;1-10-4-5-12-13(15)14(16-19(12)11(10)2)18-8-6-17(3)7-9-18/h3-4,21H,5-10,16H2,1-2H3;5-6,12H,7-9,16H2,1-4H3;4-5H,6-9,15H2,1-3H3. The van der Waals surface area contributed by atoms with Crippen LogP contribution in [0.2, 0.25) is 0 Å². The van der Waals surface area contributed by atoms with E-state index in [0.717, 1.165) is 140 Å². The number of aliphatic hydroxyl groups is 1. The normalized spacial score (nSPS) is 17.9. The van der Waals surface area contributed by atoms with E-state index in [9.17, 15) is 0 Å². The predicted molar refractivity (Wildman–Crippen MR) is 247 cm³/mol. The number of nitrogen functional groups attached to an aromatic ring is 3. The number of rotatable bonds is 6. The molecule has 7 N–H and O–H groups in total. The molecule has 60 heavy (non-hydrogen) atoms. The average molecular weight is 822 g/mol. The van der Waals surface area contributed by atoms with Gasteiger partial charge in [0.2, 0.25) is 0 Å². The first-order valence-electron chi connectivity index (χ1n) is 21.3. The molecule has 1 atom stereocenters. The maximum Gasteiger partial charge on any atom is 0.175 e. The lowest BCUT2D eigenvalue weighted by Gasteiger charge is -2.34. The molecular formula is C44H67N15O. The fraction of sp³-hybridized carbons (Fsp3) is 0.523. The van der Waals surface area contributed by atoms with E-state index in [0.29, 0.717) is 6.04 Å². The Labute approximate surface area is 354 Å². The molecule has 1 unspecified atom stereocenters. The Morgan fingerprint density at radius 3 is 1.32 bits per heavy atom. The Morgan fingerprint density at radius 2 is 0.950 bits per heavy atom. The van der Waals surface area contributed by atoms with Crippen molar-refractivity contribution < 1.29 is 5.11 Å². The Kier molecular flexibility index (Phi) is 12.7. The van der Waals surface area contributed by atoms with Crippen LogP contribution in [0.3, 0.4) is 0 Å². The average Bonchev–Trinajstić information content (AvgIpc) is 4.02. The molecule has 0 aromatic carbocycles. The third-order valence-corrected chi connectivity index (χ3v) is 13.0. The Morgan fingerprint density at radius 1 is 0.567 bits per heavy atom. The van der Waals surface area contributed by atoms with E-state index in [4.69, 9.17) is 37.6 Å². The van der Waals surface area contributed by atoms with Crippen molar-refractivity contribution in [2.24, 2.45) is 0 Å². The SMILES string of the molecule is Cc1ccc2c(N)c(N3CCC(N(C)C)C3)nn2c1C.Cc1ccc2c(N)c(N3CCN(C)CC3)nn2c1C.Cc1ccc2c(N)c(N3CCN(CCO)CC3)nn2c1C. The monoisotopic (exact) mass is 822 g/mol. The molecule has 0 aliphatic carbocycles. The molecule has 3 saturated heterocycles. The third kappa shape index (κ3) is 8.38. The van der Waals surface area contributed by atoms with Gasteiger partial charge < -0.3 is 46.8 Å². The lowest BCUT2D eigenvalue weighted by Crippen LogP contribution is -2.47. The van der Waals surface area contributed by atoms with Crippen LogP contribution in [-0.2, 0) is 0 Å². The molecule has 16 nitrogen and oxygen atoms in total. The zero-order chi connectivity index (χ0) is 43.0. The number of aryl methyl sites for hydroxylation is 6. The van der Waals surface area contributed by atoms with Crippen LogP contribution in [0.25, 0.3) is 16.6 Å². The summed E-state index contributed by atoms with van der Waals surface area (Å²) < 4.78 is 5.89. The zero-order valence-corrected chi connectivity index (χ0v) is 37.3. The molecular weight excluding hydrogens is 755 g/mol. The molecule has 0 bridgehead atoms.